The summed E-state index contributed by atoms with van der Waals surface area (Å²) in [4.78, 5) is 11.1. The highest BCUT2D eigenvalue weighted by atomic mass is 35.5. The molecule has 0 radical (unpaired) electrons. The second-order valence-corrected chi connectivity index (χ2v) is 4.39. The highest BCUT2D eigenvalue weighted by Gasteiger charge is 2.10. The first-order valence-electron chi connectivity index (χ1n) is 5.43. The topological polar surface area (TPSA) is 63.3 Å². The molecule has 4 heteroatoms. The summed E-state index contributed by atoms with van der Waals surface area (Å²) in [5.41, 5.74) is 7.43. The van der Waals surface area contributed by atoms with Gasteiger partial charge in [-0.25, -0.2) is 4.79 Å². The van der Waals surface area contributed by atoms with Gasteiger partial charge in [-0.2, -0.15) is 0 Å². The monoisotopic (exact) mass is 261 g/mol. The zero-order valence-corrected chi connectivity index (χ0v) is 10.3. The molecule has 0 saturated heterocycles. The van der Waals surface area contributed by atoms with E-state index >= 15 is 0 Å². The number of rotatable bonds is 2. The number of carboxylic acids is 1. The van der Waals surface area contributed by atoms with Gasteiger partial charge in [-0.05, 0) is 29.4 Å². The lowest BCUT2D eigenvalue weighted by molar-refractivity contribution is 0.0696. The fourth-order valence-electron chi connectivity index (χ4n) is 1.70. The van der Waals surface area contributed by atoms with Crippen molar-refractivity contribution in [2.24, 2.45) is 5.73 Å². The van der Waals surface area contributed by atoms with Crippen LogP contribution in [0.4, 0.5) is 0 Å². The van der Waals surface area contributed by atoms with Crippen molar-refractivity contribution in [1.82, 2.24) is 0 Å². The second kappa shape index (κ2) is 5.21. The summed E-state index contributed by atoms with van der Waals surface area (Å²) in [7, 11) is 0. The lowest BCUT2D eigenvalue weighted by Gasteiger charge is -2.11. The van der Waals surface area contributed by atoms with E-state index in [1.54, 1.807) is 42.5 Å². The van der Waals surface area contributed by atoms with E-state index in [0.29, 0.717) is 10.6 Å². The molecular weight excluding hydrogens is 250 g/mol. The molecule has 0 aromatic heterocycles. The number of hydrogen-bond acceptors (Lipinski definition) is 2. The average molecular weight is 262 g/mol. The Labute approximate surface area is 110 Å². The van der Waals surface area contributed by atoms with Crippen molar-refractivity contribution < 1.29 is 9.90 Å². The van der Waals surface area contributed by atoms with E-state index in [9.17, 15) is 4.79 Å². The second-order valence-electron chi connectivity index (χ2n) is 3.95. The third-order valence-electron chi connectivity index (χ3n) is 2.63. The summed E-state index contributed by atoms with van der Waals surface area (Å²) in [6, 6.07) is 6.53. The third-order valence-corrected chi connectivity index (χ3v) is 2.99. The summed E-state index contributed by atoms with van der Waals surface area (Å²) >= 11 is 5.96. The number of aromatic carboxylic acids is 1. The molecule has 1 aromatic carbocycles. The number of carboxylic acid groups (broad SMARTS) is 1. The maximum atomic E-state index is 11.1. The van der Waals surface area contributed by atoms with Crippen LogP contribution < -0.4 is 5.73 Å². The van der Waals surface area contributed by atoms with Gasteiger partial charge in [-0.1, -0.05) is 42.0 Å². The van der Waals surface area contributed by atoms with Crippen molar-refractivity contribution in [2.45, 2.75) is 6.04 Å². The molecule has 0 bridgehead atoms. The van der Waals surface area contributed by atoms with E-state index in [2.05, 4.69) is 0 Å². The van der Waals surface area contributed by atoms with Gasteiger partial charge in [0.15, 0.2) is 0 Å². The molecule has 1 aliphatic rings. The highest BCUT2D eigenvalue weighted by Crippen LogP contribution is 2.21. The summed E-state index contributed by atoms with van der Waals surface area (Å²) in [5, 5.41) is 9.62. The molecule has 1 atom stereocenters. The third kappa shape index (κ3) is 2.70. The van der Waals surface area contributed by atoms with E-state index in [0.717, 1.165) is 5.57 Å². The molecule has 1 unspecified atom stereocenters. The summed E-state index contributed by atoms with van der Waals surface area (Å²) in [6.07, 6.45) is 7.12. The minimum Gasteiger partial charge on any atom is -0.478 e. The molecule has 0 heterocycles. The molecule has 0 spiro atoms. The van der Waals surface area contributed by atoms with Gasteiger partial charge >= 0.3 is 5.97 Å². The standard InChI is InChI=1S/C14H12ClNO2/c15-12-8-9(5-6-13(12)16)7-10-3-1-2-4-11(10)14(17)18/h1-8,13H,16H2,(H,17,18)/b9-7+. The fraction of sp³-hybridized carbons (Fsp3) is 0.0714. The van der Waals surface area contributed by atoms with Gasteiger partial charge in [-0.3, -0.25) is 0 Å². The number of halogens is 1. The van der Waals surface area contributed by atoms with Gasteiger partial charge in [0, 0.05) is 5.03 Å². The van der Waals surface area contributed by atoms with Crippen LogP contribution in [-0.4, -0.2) is 17.1 Å². The van der Waals surface area contributed by atoms with Crippen molar-refractivity contribution in [1.29, 1.82) is 0 Å². The molecule has 1 aromatic rings. The molecule has 92 valence electrons. The summed E-state index contributed by atoms with van der Waals surface area (Å²) in [5.74, 6) is -0.950. The maximum Gasteiger partial charge on any atom is 0.336 e. The normalized spacial score (nSPS) is 20.9. The minimum absolute atomic E-state index is 0.262. The number of benzene rings is 1. The van der Waals surface area contributed by atoms with Gasteiger partial charge in [0.05, 0.1) is 11.6 Å². The van der Waals surface area contributed by atoms with Gasteiger partial charge in [0.1, 0.15) is 0 Å². The predicted octanol–water partition coefficient (Wildman–Crippen LogP) is 2.79. The van der Waals surface area contributed by atoms with Crippen LogP contribution in [-0.2, 0) is 0 Å². The SMILES string of the molecule is NC1C=C/C(=C\c2ccccc2C(=O)O)C=C1Cl. The maximum absolute atomic E-state index is 11.1. The number of carbonyl (C=O) groups is 1. The lowest BCUT2D eigenvalue weighted by Crippen LogP contribution is -2.18. The molecule has 3 nitrogen and oxygen atoms in total. The van der Waals surface area contributed by atoms with Crippen molar-refractivity contribution in [3.8, 4) is 0 Å². The average Bonchev–Trinajstić information content (AvgIpc) is 2.34. The van der Waals surface area contributed by atoms with E-state index < -0.39 is 5.97 Å². The summed E-state index contributed by atoms with van der Waals surface area (Å²) < 4.78 is 0. The fourth-order valence-corrected chi connectivity index (χ4v) is 1.90. The van der Waals surface area contributed by atoms with Gasteiger partial charge < -0.3 is 10.8 Å². The van der Waals surface area contributed by atoms with E-state index in [-0.39, 0.29) is 11.6 Å². The van der Waals surface area contributed by atoms with Gasteiger partial charge in [0.2, 0.25) is 0 Å². The molecule has 0 amide bonds. The van der Waals surface area contributed by atoms with Crippen molar-refractivity contribution in [2.75, 3.05) is 0 Å². The van der Waals surface area contributed by atoms with Gasteiger partial charge in [0.25, 0.3) is 0 Å². The Balaban J connectivity index is 2.40. The Morgan fingerprint density at radius 1 is 1.39 bits per heavy atom. The molecule has 0 saturated carbocycles. The largest absolute Gasteiger partial charge is 0.478 e. The van der Waals surface area contributed by atoms with E-state index in [1.807, 2.05) is 6.08 Å². The zero-order chi connectivity index (χ0) is 13.1. The number of hydrogen-bond donors (Lipinski definition) is 2. The molecule has 2 rings (SSSR count). The van der Waals surface area contributed by atoms with Crippen LogP contribution in [0.15, 0.2) is 53.1 Å². The Morgan fingerprint density at radius 3 is 2.78 bits per heavy atom. The van der Waals surface area contributed by atoms with E-state index in [1.165, 1.54) is 0 Å². The van der Waals surface area contributed by atoms with Crippen molar-refractivity contribution in [3.05, 3.63) is 64.2 Å². The molecule has 1 aliphatic carbocycles. The summed E-state index contributed by atoms with van der Waals surface area (Å²) in [6.45, 7) is 0. The Kier molecular flexibility index (Phi) is 3.65. The quantitative estimate of drug-likeness (QED) is 0.860. The van der Waals surface area contributed by atoms with Crippen LogP contribution >= 0.6 is 11.6 Å². The first-order valence-corrected chi connectivity index (χ1v) is 5.80. The Morgan fingerprint density at radius 2 is 2.11 bits per heavy atom. The molecule has 0 fully saturated rings. The first kappa shape index (κ1) is 12.6. The first-order chi connectivity index (χ1) is 8.58. The predicted molar refractivity (Wildman–Crippen MR) is 72.4 cm³/mol. The smallest absolute Gasteiger partial charge is 0.336 e. The van der Waals surface area contributed by atoms with Crippen LogP contribution in [0.3, 0.4) is 0 Å². The minimum atomic E-state index is -0.950. The molecule has 0 aliphatic heterocycles. The van der Waals surface area contributed by atoms with Crippen molar-refractivity contribution in [3.63, 3.8) is 0 Å². The number of nitrogens with two attached hydrogens (primary N) is 1. The van der Waals surface area contributed by atoms with Crippen LogP contribution in [0.2, 0.25) is 0 Å². The van der Waals surface area contributed by atoms with Crippen LogP contribution in [0.5, 0.6) is 0 Å². The Hall–Kier alpha value is -1.84. The Bertz CT molecular complexity index is 573. The van der Waals surface area contributed by atoms with Crippen LogP contribution in [0.25, 0.3) is 6.08 Å². The lowest BCUT2D eigenvalue weighted by atomic mass is 10.0. The van der Waals surface area contributed by atoms with Crippen LogP contribution in [0.1, 0.15) is 15.9 Å². The highest BCUT2D eigenvalue weighted by molar-refractivity contribution is 6.30. The van der Waals surface area contributed by atoms with Crippen LogP contribution in [0, 0.1) is 0 Å². The molecule has 3 N–H and O–H groups in total. The zero-order valence-electron chi connectivity index (χ0n) is 9.51. The molecule has 18 heavy (non-hydrogen) atoms. The van der Waals surface area contributed by atoms with Crippen molar-refractivity contribution >= 4 is 23.6 Å². The number of allylic oxidation sites excluding steroid dienone is 3. The van der Waals surface area contributed by atoms with Gasteiger partial charge in [-0.15, -0.1) is 0 Å². The molecular formula is C14H12ClNO2. The van der Waals surface area contributed by atoms with E-state index in [4.69, 9.17) is 22.4 Å².